The number of aryl methyl sites for hydroxylation is 1. The second-order valence-corrected chi connectivity index (χ2v) is 6.76. The van der Waals surface area contributed by atoms with Crippen LogP contribution in [0.15, 0.2) is 36.7 Å². The van der Waals surface area contributed by atoms with Crippen molar-refractivity contribution in [2.24, 2.45) is 0 Å². The minimum absolute atomic E-state index is 0.737. The summed E-state index contributed by atoms with van der Waals surface area (Å²) in [6.45, 7) is 7.05. The van der Waals surface area contributed by atoms with E-state index in [9.17, 15) is 0 Å². The third-order valence-electron chi connectivity index (χ3n) is 4.72. The largest absolute Gasteiger partial charge is 0.338 e. The van der Waals surface area contributed by atoms with Crippen molar-refractivity contribution in [2.45, 2.75) is 26.9 Å². The summed E-state index contributed by atoms with van der Waals surface area (Å²) in [6, 6.07) is 10.3. The van der Waals surface area contributed by atoms with Gasteiger partial charge in [0.05, 0.1) is 33.7 Å². The number of aromatic nitrogens is 3. The van der Waals surface area contributed by atoms with Crippen molar-refractivity contribution >= 4 is 16.9 Å². The van der Waals surface area contributed by atoms with Crippen LogP contribution < -0.4 is 15.2 Å². The van der Waals surface area contributed by atoms with Gasteiger partial charge in [-0.1, -0.05) is 35.3 Å². The first-order chi connectivity index (χ1) is 11.5. The molecule has 2 aromatic heterocycles. The van der Waals surface area contributed by atoms with E-state index in [0.717, 1.165) is 36.5 Å². The van der Waals surface area contributed by atoms with Gasteiger partial charge in [-0.15, -0.1) is 0 Å². The number of hydrogen-bond donors (Lipinski definition) is 2. The van der Waals surface area contributed by atoms with Crippen molar-refractivity contribution in [3.8, 4) is 0 Å². The Bertz CT molecular complexity index is 849. The molecule has 0 atom stereocenters. The van der Waals surface area contributed by atoms with Crippen LogP contribution in [0, 0.1) is 13.8 Å². The number of likely N-dealkylation sites (N-methyl/N-ethyl adjacent to an activating group) is 1. The summed E-state index contributed by atoms with van der Waals surface area (Å²) >= 11 is 0. The van der Waals surface area contributed by atoms with Gasteiger partial charge >= 0.3 is 0 Å². The molecule has 0 aliphatic heterocycles. The van der Waals surface area contributed by atoms with Crippen LogP contribution in [0.25, 0.3) is 11.0 Å². The van der Waals surface area contributed by atoms with Crippen LogP contribution in [0.5, 0.6) is 0 Å². The molecule has 3 N–H and O–H groups in total. The molecule has 5 nitrogen and oxygen atoms in total. The van der Waals surface area contributed by atoms with E-state index in [2.05, 4.69) is 44.6 Å². The van der Waals surface area contributed by atoms with Gasteiger partial charge in [-0.05, 0) is 25.0 Å². The number of nitrogens with zero attached hydrogens (tertiary/aromatic N) is 3. The molecule has 24 heavy (non-hydrogen) atoms. The maximum Gasteiger partial charge on any atom is 0.232 e. The zero-order valence-electron chi connectivity index (χ0n) is 15.0. The third kappa shape index (κ3) is 2.99. The summed E-state index contributed by atoms with van der Waals surface area (Å²) in [7, 11) is 4.34. The molecule has 0 aliphatic carbocycles. The molecule has 0 radical (unpaired) electrons. The number of benzene rings is 1. The van der Waals surface area contributed by atoms with E-state index in [1.807, 2.05) is 29.1 Å². The summed E-state index contributed by atoms with van der Waals surface area (Å²) in [5, 5.41) is 1.08. The highest BCUT2D eigenvalue weighted by atomic mass is 15.2. The van der Waals surface area contributed by atoms with Gasteiger partial charge in [0.1, 0.15) is 5.39 Å². The molecule has 0 saturated carbocycles. The Morgan fingerprint density at radius 3 is 2.54 bits per heavy atom. The second-order valence-electron chi connectivity index (χ2n) is 6.76. The lowest BCUT2D eigenvalue weighted by atomic mass is 10.2. The molecule has 0 amide bonds. The molecular weight excluding hydrogens is 298 g/mol. The Morgan fingerprint density at radius 1 is 1.17 bits per heavy atom. The molecule has 3 rings (SSSR count). The molecule has 0 unspecified atom stereocenters. The first-order valence-electron chi connectivity index (χ1n) is 8.45. The standard InChI is InChI=1S/C19H25N5/c1-14-15(2)24(11-10-22(3)4)19-17(14)18(20)23(13-21-19)12-16-8-6-5-7-9-16/h5-9,13,20H,10-12H2,1-4H3/p+2. The highest BCUT2D eigenvalue weighted by Crippen LogP contribution is 2.26. The van der Waals surface area contributed by atoms with Crippen molar-refractivity contribution in [3.63, 3.8) is 0 Å². The first-order valence-corrected chi connectivity index (χ1v) is 8.45. The van der Waals surface area contributed by atoms with Crippen LogP contribution in [-0.4, -0.2) is 30.2 Å². The fourth-order valence-corrected chi connectivity index (χ4v) is 3.13. The molecule has 3 aromatic rings. The molecule has 126 valence electrons. The van der Waals surface area contributed by atoms with E-state index in [-0.39, 0.29) is 0 Å². The molecule has 0 bridgehead atoms. The molecule has 0 fully saturated rings. The van der Waals surface area contributed by atoms with Crippen molar-refractivity contribution in [3.05, 3.63) is 53.5 Å². The molecule has 0 aliphatic rings. The average Bonchev–Trinajstić information content (AvgIpc) is 2.81. The minimum atomic E-state index is 0.737. The van der Waals surface area contributed by atoms with Crippen molar-refractivity contribution < 1.29 is 9.47 Å². The molecule has 5 heteroatoms. The lowest BCUT2D eigenvalue weighted by Gasteiger charge is -2.10. The third-order valence-corrected chi connectivity index (χ3v) is 4.72. The van der Waals surface area contributed by atoms with Gasteiger partial charge in [0, 0.05) is 5.69 Å². The van der Waals surface area contributed by atoms with E-state index < -0.39 is 0 Å². The minimum Gasteiger partial charge on any atom is -0.338 e. The van der Waals surface area contributed by atoms with Gasteiger partial charge < -0.3 is 15.2 Å². The van der Waals surface area contributed by atoms with Crippen molar-refractivity contribution in [2.75, 3.05) is 26.4 Å². The summed E-state index contributed by atoms with van der Waals surface area (Å²) < 4.78 is 4.33. The topological polar surface area (TPSA) is 52.2 Å². The molecule has 0 saturated heterocycles. The van der Waals surface area contributed by atoms with Gasteiger partial charge in [-0.2, -0.15) is 0 Å². The van der Waals surface area contributed by atoms with Crippen molar-refractivity contribution in [1.82, 2.24) is 9.55 Å². The van der Waals surface area contributed by atoms with E-state index in [1.54, 1.807) is 0 Å². The fraction of sp³-hybridized carbons (Fsp3) is 0.368. The van der Waals surface area contributed by atoms with Crippen LogP contribution in [-0.2, 0) is 13.1 Å². The summed E-state index contributed by atoms with van der Waals surface area (Å²) in [5.41, 5.74) is 11.2. The lowest BCUT2D eigenvalue weighted by Crippen LogP contribution is -3.06. The monoisotopic (exact) mass is 325 g/mol. The Hall–Kier alpha value is -2.40. The van der Waals surface area contributed by atoms with Gasteiger partial charge in [0.2, 0.25) is 17.8 Å². The average molecular weight is 325 g/mol. The van der Waals surface area contributed by atoms with Crippen molar-refractivity contribution in [1.29, 1.82) is 0 Å². The van der Waals surface area contributed by atoms with Gasteiger partial charge in [0.15, 0.2) is 0 Å². The van der Waals surface area contributed by atoms with E-state index in [4.69, 9.17) is 10.7 Å². The second kappa shape index (κ2) is 6.61. The highest BCUT2D eigenvalue weighted by Gasteiger charge is 2.21. The summed E-state index contributed by atoms with van der Waals surface area (Å²) in [6.07, 6.45) is 1.86. The van der Waals surface area contributed by atoms with Crippen LogP contribution in [0.3, 0.4) is 0 Å². The fourth-order valence-electron chi connectivity index (χ4n) is 3.13. The Labute approximate surface area is 143 Å². The van der Waals surface area contributed by atoms with E-state index >= 15 is 0 Å². The Morgan fingerprint density at radius 2 is 1.88 bits per heavy atom. The van der Waals surface area contributed by atoms with E-state index in [1.165, 1.54) is 21.7 Å². The zero-order chi connectivity index (χ0) is 17.3. The Balaban J connectivity index is 2.04. The smallest absolute Gasteiger partial charge is 0.232 e. The number of rotatable bonds is 5. The number of anilines is 1. The zero-order valence-corrected chi connectivity index (χ0v) is 15.0. The number of nitrogens with two attached hydrogens (primary N) is 1. The lowest BCUT2D eigenvalue weighted by molar-refractivity contribution is -0.858. The number of quaternary nitrogens is 1. The molecule has 1 aromatic carbocycles. The summed E-state index contributed by atoms with van der Waals surface area (Å²) in [4.78, 5) is 6.16. The number of nitrogen functional groups attached to an aromatic ring is 1. The normalized spacial score (nSPS) is 11.5. The van der Waals surface area contributed by atoms with Crippen LogP contribution in [0.4, 0.5) is 5.82 Å². The Kier molecular flexibility index (Phi) is 4.53. The predicted molar refractivity (Wildman–Crippen MR) is 97.0 cm³/mol. The van der Waals surface area contributed by atoms with E-state index in [0.29, 0.717) is 0 Å². The first kappa shape index (κ1) is 16.5. The molecule has 2 heterocycles. The van der Waals surface area contributed by atoms with Gasteiger partial charge in [-0.3, -0.25) is 0 Å². The SMILES string of the molecule is Cc1c(C)n(CC[NH+](C)C)c2nc[n+](Cc3ccccc3)c(N)c12. The number of nitrogens with one attached hydrogen (secondary N) is 1. The highest BCUT2D eigenvalue weighted by molar-refractivity contribution is 5.89. The number of hydrogen-bond acceptors (Lipinski definition) is 2. The quantitative estimate of drug-likeness (QED) is 0.679. The van der Waals surface area contributed by atoms with Crippen LogP contribution in [0.2, 0.25) is 0 Å². The van der Waals surface area contributed by atoms with Crippen LogP contribution in [0.1, 0.15) is 16.8 Å². The van der Waals surface area contributed by atoms with Crippen LogP contribution >= 0.6 is 0 Å². The van der Waals surface area contributed by atoms with Gasteiger partial charge in [0.25, 0.3) is 0 Å². The van der Waals surface area contributed by atoms with Gasteiger partial charge in [-0.25, -0.2) is 4.57 Å². The number of fused-ring (bicyclic) bond motifs is 1. The molecular formula is C19H27N5+2. The molecule has 0 spiro atoms. The maximum absolute atomic E-state index is 6.51. The summed E-state index contributed by atoms with van der Waals surface area (Å²) in [5.74, 6) is 0.792. The maximum atomic E-state index is 6.51. The predicted octanol–water partition coefficient (Wildman–Crippen LogP) is 0.716.